The predicted octanol–water partition coefficient (Wildman–Crippen LogP) is 1.67. The Kier molecular flexibility index (Phi) is 3.39. The van der Waals surface area contributed by atoms with Crippen LogP contribution in [-0.2, 0) is 22.4 Å². The number of carbonyl (C=O) groups excluding carboxylic acids is 1. The largest absolute Gasteiger partial charge is 0.480 e. The molecular weight excluding hydrogens is 268 g/mol. The first-order valence-electron chi connectivity index (χ1n) is 6.69. The van der Waals surface area contributed by atoms with Gasteiger partial charge in [0.25, 0.3) is 0 Å². The van der Waals surface area contributed by atoms with Crippen molar-refractivity contribution in [2.45, 2.75) is 18.9 Å². The summed E-state index contributed by atoms with van der Waals surface area (Å²) in [6.45, 7) is 0. The molecule has 21 heavy (non-hydrogen) atoms. The number of para-hydroxylation sites is 1. The highest BCUT2D eigenvalue weighted by Crippen LogP contribution is 2.32. The normalized spacial score (nSPS) is 16.6. The number of pyridine rings is 1. The number of amides is 1. The summed E-state index contributed by atoms with van der Waals surface area (Å²) in [5.41, 5.74) is 2.21. The third-order valence-electron chi connectivity index (χ3n) is 3.59. The summed E-state index contributed by atoms with van der Waals surface area (Å²) in [6.07, 6.45) is 2.06. The molecule has 1 aromatic carbocycles. The first kappa shape index (κ1) is 13.3. The van der Waals surface area contributed by atoms with Crippen LogP contribution in [0, 0.1) is 0 Å². The Morgan fingerprint density at radius 2 is 1.95 bits per heavy atom. The molecule has 0 radical (unpaired) electrons. The van der Waals surface area contributed by atoms with E-state index < -0.39 is 12.0 Å². The van der Waals surface area contributed by atoms with Gasteiger partial charge in [0, 0.05) is 24.0 Å². The number of benzene rings is 1. The number of fused-ring (bicyclic) bond motifs is 1. The lowest BCUT2D eigenvalue weighted by Crippen LogP contribution is -2.43. The first-order valence-corrected chi connectivity index (χ1v) is 6.69. The average Bonchev–Trinajstić information content (AvgIpc) is 2.88. The summed E-state index contributed by atoms with van der Waals surface area (Å²) >= 11 is 0. The number of carboxylic acid groups (broad SMARTS) is 1. The van der Waals surface area contributed by atoms with Gasteiger partial charge in [0.1, 0.15) is 6.04 Å². The average molecular weight is 282 g/mol. The van der Waals surface area contributed by atoms with Crippen molar-refractivity contribution >= 4 is 17.6 Å². The van der Waals surface area contributed by atoms with E-state index in [9.17, 15) is 14.7 Å². The third kappa shape index (κ3) is 2.50. The molecule has 106 valence electrons. The van der Waals surface area contributed by atoms with E-state index in [2.05, 4.69) is 4.98 Å². The fourth-order valence-electron chi connectivity index (χ4n) is 2.63. The summed E-state index contributed by atoms with van der Waals surface area (Å²) in [5, 5.41) is 9.36. The highest BCUT2D eigenvalue weighted by molar-refractivity contribution is 6.02. The molecule has 3 rings (SSSR count). The second kappa shape index (κ2) is 5.36. The van der Waals surface area contributed by atoms with Crippen LogP contribution in [0.1, 0.15) is 11.3 Å². The molecule has 1 aliphatic heterocycles. The van der Waals surface area contributed by atoms with Crippen LogP contribution in [0.3, 0.4) is 0 Å². The molecule has 1 aromatic heterocycles. The third-order valence-corrected chi connectivity index (χ3v) is 3.59. The Labute approximate surface area is 121 Å². The van der Waals surface area contributed by atoms with Crippen LogP contribution in [0.2, 0.25) is 0 Å². The molecule has 2 heterocycles. The van der Waals surface area contributed by atoms with Gasteiger partial charge in [-0.25, -0.2) is 4.79 Å². The maximum Gasteiger partial charge on any atom is 0.327 e. The molecule has 0 bridgehead atoms. The smallest absolute Gasteiger partial charge is 0.327 e. The maximum absolute atomic E-state index is 12.5. The molecule has 1 amide bonds. The topological polar surface area (TPSA) is 70.5 Å². The number of rotatable bonds is 3. The molecule has 1 atom stereocenters. The molecule has 1 N–H and O–H groups in total. The van der Waals surface area contributed by atoms with E-state index in [1.165, 1.54) is 4.90 Å². The Balaban J connectivity index is 1.91. The molecular formula is C16H14N2O3. The number of hydrogen-bond donors (Lipinski definition) is 1. The number of nitrogens with zero attached hydrogens (tertiary/aromatic N) is 2. The van der Waals surface area contributed by atoms with Crippen molar-refractivity contribution in [3.05, 3.63) is 59.9 Å². The molecule has 0 spiro atoms. The number of anilines is 1. The minimum absolute atomic E-state index is 0.0962. The van der Waals surface area contributed by atoms with E-state index in [1.54, 1.807) is 24.4 Å². The molecule has 0 saturated carbocycles. The number of hydrogen-bond acceptors (Lipinski definition) is 3. The quantitative estimate of drug-likeness (QED) is 0.929. The van der Waals surface area contributed by atoms with Crippen LogP contribution >= 0.6 is 0 Å². The summed E-state index contributed by atoms with van der Waals surface area (Å²) in [6, 6.07) is 11.8. The summed E-state index contributed by atoms with van der Waals surface area (Å²) in [7, 11) is 0. The lowest BCUT2D eigenvalue weighted by molar-refractivity contribution is -0.139. The fraction of sp³-hybridized carbons (Fsp3) is 0.188. The van der Waals surface area contributed by atoms with Crippen molar-refractivity contribution < 1.29 is 14.7 Å². The highest BCUT2D eigenvalue weighted by Gasteiger charge is 2.37. The van der Waals surface area contributed by atoms with Gasteiger partial charge in [0.05, 0.1) is 6.42 Å². The van der Waals surface area contributed by atoms with E-state index >= 15 is 0 Å². The molecule has 0 saturated heterocycles. The number of aliphatic carboxylic acids is 1. The number of aromatic nitrogens is 1. The van der Waals surface area contributed by atoms with Gasteiger partial charge in [-0.15, -0.1) is 0 Å². The summed E-state index contributed by atoms with van der Waals surface area (Å²) in [5.74, 6) is -1.23. The van der Waals surface area contributed by atoms with E-state index in [0.717, 1.165) is 5.56 Å². The maximum atomic E-state index is 12.5. The zero-order valence-electron chi connectivity index (χ0n) is 11.3. The SMILES string of the molecule is O=C(O)C1Cc2ccccc2N1C(=O)Cc1ccccn1. The van der Waals surface area contributed by atoms with Crippen LogP contribution in [0.5, 0.6) is 0 Å². The van der Waals surface area contributed by atoms with E-state index in [1.807, 2.05) is 24.3 Å². The lowest BCUT2D eigenvalue weighted by Gasteiger charge is -2.22. The Morgan fingerprint density at radius 1 is 1.19 bits per heavy atom. The Bertz CT molecular complexity index is 685. The van der Waals surface area contributed by atoms with Gasteiger partial charge in [0.2, 0.25) is 5.91 Å². The van der Waals surface area contributed by atoms with Gasteiger partial charge in [0.15, 0.2) is 0 Å². The van der Waals surface area contributed by atoms with Gasteiger partial charge < -0.3 is 5.11 Å². The molecule has 1 aliphatic rings. The van der Waals surface area contributed by atoms with Gasteiger partial charge in [-0.3, -0.25) is 14.7 Å². The standard InChI is InChI=1S/C16H14N2O3/c19-15(10-12-6-3-4-8-17-12)18-13-7-2-1-5-11(13)9-14(18)16(20)21/h1-8,14H,9-10H2,(H,20,21). The molecule has 5 nitrogen and oxygen atoms in total. The van der Waals surface area contributed by atoms with Crippen molar-refractivity contribution in [3.8, 4) is 0 Å². The minimum atomic E-state index is -0.986. The zero-order chi connectivity index (χ0) is 14.8. The molecule has 1 unspecified atom stereocenters. The van der Waals surface area contributed by atoms with Crippen LogP contribution < -0.4 is 4.90 Å². The molecule has 2 aromatic rings. The Morgan fingerprint density at radius 3 is 2.67 bits per heavy atom. The predicted molar refractivity (Wildman–Crippen MR) is 77.0 cm³/mol. The van der Waals surface area contributed by atoms with Crippen molar-refractivity contribution in [2.24, 2.45) is 0 Å². The lowest BCUT2D eigenvalue weighted by atomic mass is 10.1. The van der Waals surface area contributed by atoms with E-state index in [-0.39, 0.29) is 12.3 Å². The zero-order valence-corrected chi connectivity index (χ0v) is 11.3. The minimum Gasteiger partial charge on any atom is -0.480 e. The monoisotopic (exact) mass is 282 g/mol. The second-order valence-electron chi connectivity index (χ2n) is 4.95. The van der Waals surface area contributed by atoms with Gasteiger partial charge in [-0.1, -0.05) is 24.3 Å². The van der Waals surface area contributed by atoms with Gasteiger partial charge in [-0.2, -0.15) is 0 Å². The highest BCUT2D eigenvalue weighted by atomic mass is 16.4. The number of carboxylic acids is 1. The molecule has 0 aliphatic carbocycles. The number of carbonyl (C=O) groups is 2. The van der Waals surface area contributed by atoms with Crippen molar-refractivity contribution in [1.29, 1.82) is 0 Å². The molecule has 0 fully saturated rings. The van der Waals surface area contributed by atoms with Crippen LogP contribution in [-0.4, -0.2) is 28.0 Å². The van der Waals surface area contributed by atoms with Crippen molar-refractivity contribution in [1.82, 2.24) is 4.98 Å². The fourth-order valence-corrected chi connectivity index (χ4v) is 2.63. The van der Waals surface area contributed by atoms with Crippen molar-refractivity contribution in [2.75, 3.05) is 4.90 Å². The molecule has 5 heteroatoms. The van der Waals surface area contributed by atoms with Crippen LogP contribution in [0.4, 0.5) is 5.69 Å². The summed E-state index contributed by atoms with van der Waals surface area (Å²) in [4.78, 5) is 29.4. The van der Waals surface area contributed by atoms with Gasteiger partial charge >= 0.3 is 5.97 Å². The van der Waals surface area contributed by atoms with Crippen LogP contribution in [0.25, 0.3) is 0 Å². The van der Waals surface area contributed by atoms with Crippen LogP contribution in [0.15, 0.2) is 48.7 Å². The van der Waals surface area contributed by atoms with E-state index in [4.69, 9.17) is 0 Å². The summed E-state index contributed by atoms with van der Waals surface area (Å²) < 4.78 is 0. The van der Waals surface area contributed by atoms with E-state index in [0.29, 0.717) is 17.8 Å². The first-order chi connectivity index (χ1) is 10.2. The van der Waals surface area contributed by atoms with Gasteiger partial charge in [-0.05, 0) is 23.8 Å². The second-order valence-corrected chi connectivity index (χ2v) is 4.95. The van der Waals surface area contributed by atoms with Crippen molar-refractivity contribution in [3.63, 3.8) is 0 Å². The Hall–Kier alpha value is -2.69.